The standard InChI is InChI=1S/C6H10S3/c7-6-8-4-2-1-3-5-9-6/h1-5H2. The van der Waals surface area contributed by atoms with Gasteiger partial charge in [-0.15, -0.1) is 23.5 Å². The molecule has 0 nitrogen and oxygen atoms in total. The maximum Gasteiger partial charge on any atom is 0.104 e. The lowest BCUT2D eigenvalue weighted by Crippen LogP contribution is -1.93. The Labute approximate surface area is 70.2 Å². The fraction of sp³-hybridized carbons (Fsp3) is 0.833. The zero-order valence-electron chi connectivity index (χ0n) is 5.26. The van der Waals surface area contributed by atoms with Crippen LogP contribution in [0.5, 0.6) is 0 Å². The van der Waals surface area contributed by atoms with Gasteiger partial charge in [0.15, 0.2) is 0 Å². The predicted octanol–water partition coefficient (Wildman–Crippen LogP) is 2.92. The van der Waals surface area contributed by atoms with Gasteiger partial charge in [-0.3, -0.25) is 0 Å². The molecule has 0 aromatic heterocycles. The number of hydrogen-bond acceptors (Lipinski definition) is 3. The van der Waals surface area contributed by atoms with Crippen LogP contribution in [0.1, 0.15) is 19.3 Å². The van der Waals surface area contributed by atoms with Crippen LogP contribution in [-0.2, 0) is 0 Å². The van der Waals surface area contributed by atoms with E-state index in [0.717, 1.165) is 3.53 Å². The van der Waals surface area contributed by atoms with Crippen molar-refractivity contribution in [3.8, 4) is 0 Å². The number of thioether (sulfide) groups is 2. The Morgan fingerprint density at radius 1 is 1.00 bits per heavy atom. The Morgan fingerprint density at radius 2 is 1.56 bits per heavy atom. The molecule has 1 saturated heterocycles. The molecule has 0 aliphatic carbocycles. The van der Waals surface area contributed by atoms with E-state index in [0.29, 0.717) is 0 Å². The van der Waals surface area contributed by atoms with Crippen molar-refractivity contribution in [2.75, 3.05) is 11.5 Å². The molecule has 0 N–H and O–H groups in total. The van der Waals surface area contributed by atoms with E-state index in [9.17, 15) is 0 Å². The van der Waals surface area contributed by atoms with Crippen molar-refractivity contribution in [2.24, 2.45) is 0 Å². The van der Waals surface area contributed by atoms with E-state index in [2.05, 4.69) is 0 Å². The van der Waals surface area contributed by atoms with Crippen molar-refractivity contribution >= 4 is 39.3 Å². The van der Waals surface area contributed by atoms with Gasteiger partial charge in [-0.1, -0.05) is 18.6 Å². The molecule has 0 radical (unpaired) electrons. The van der Waals surface area contributed by atoms with E-state index in [1.165, 1.54) is 30.8 Å². The monoisotopic (exact) mass is 178 g/mol. The molecule has 1 rings (SSSR count). The third kappa shape index (κ3) is 3.48. The molecule has 9 heavy (non-hydrogen) atoms. The van der Waals surface area contributed by atoms with E-state index < -0.39 is 0 Å². The van der Waals surface area contributed by atoms with Gasteiger partial charge in [0.1, 0.15) is 3.53 Å². The number of thiocarbonyl (C=S) groups is 1. The molecule has 0 aromatic rings. The van der Waals surface area contributed by atoms with Crippen LogP contribution in [0.4, 0.5) is 0 Å². The first kappa shape index (κ1) is 7.89. The minimum atomic E-state index is 1.15. The minimum Gasteiger partial charge on any atom is -0.108 e. The minimum absolute atomic E-state index is 1.15. The van der Waals surface area contributed by atoms with Gasteiger partial charge in [0.25, 0.3) is 0 Å². The number of hydrogen-bond donors (Lipinski definition) is 0. The van der Waals surface area contributed by atoms with Gasteiger partial charge in [0.2, 0.25) is 0 Å². The van der Waals surface area contributed by atoms with E-state index >= 15 is 0 Å². The van der Waals surface area contributed by atoms with Gasteiger partial charge in [-0.25, -0.2) is 0 Å². The summed E-state index contributed by atoms with van der Waals surface area (Å²) in [6.45, 7) is 0. The van der Waals surface area contributed by atoms with Crippen LogP contribution in [0.3, 0.4) is 0 Å². The van der Waals surface area contributed by atoms with E-state index in [-0.39, 0.29) is 0 Å². The number of rotatable bonds is 0. The lowest BCUT2D eigenvalue weighted by molar-refractivity contribution is 0.786. The Bertz CT molecular complexity index is 90.5. The van der Waals surface area contributed by atoms with Crippen LogP contribution in [0.25, 0.3) is 0 Å². The van der Waals surface area contributed by atoms with Crippen LogP contribution in [0.2, 0.25) is 0 Å². The average Bonchev–Trinajstić information content (AvgIpc) is 1.79. The molecule has 52 valence electrons. The van der Waals surface area contributed by atoms with E-state index in [1.807, 2.05) is 23.5 Å². The lowest BCUT2D eigenvalue weighted by Gasteiger charge is -2.06. The fourth-order valence-corrected chi connectivity index (χ4v) is 3.10. The molecule has 0 unspecified atom stereocenters. The molecule has 1 aliphatic heterocycles. The van der Waals surface area contributed by atoms with E-state index in [4.69, 9.17) is 12.2 Å². The Morgan fingerprint density at radius 3 is 2.11 bits per heavy atom. The first-order valence-electron chi connectivity index (χ1n) is 3.19. The highest BCUT2D eigenvalue weighted by Crippen LogP contribution is 2.23. The van der Waals surface area contributed by atoms with Gasteiger partial charge < -0.3 is 0 Å². The highest BCUT2D eigenvalue weighted by molar-refractivity contribution is 8.47. The maximum absolute atomic E-state index is 5.08. The topological polar surface area (TPSA) is 0 Å². The zero-order chi connectivity index (χ0) is 6.53. The normalized spacial score (nSPS) is 22.9. The summed E-state index contributed by atoms with van der Waals surface area (Å²) in [5.74, 6) is 2.48. The molecule has 0 saturated carbocycles. The van der Waals surface area contributed by atoms with Gasteiger partial charge in [-0.2, -0.15) is 0 Å². The van der Waals surface area contributed by atoms with Crippen LogP contribution in [0.15, 0.2) is 0 Å². The molecular weight excluding hydrogens is 168 g/mol. The first-order valence-corrected chi connectivity index (χ1v) is 5.57. The smallest absolute Gasteiger partial charge is 0.104 e. The molecular formula is C6H10S3. The van der Waals surface area contributed by atoms with Crippen molar-refractivity contribution < 1.29 is 0 Å². The first-order chi connectivity index (χ1) is 4.39. The molecule has 1 fully saturated rings. The predicted molar refractivity (Wildman–Crippen MR) is 51.4 cm³/mol. The summed E-state index contributed by atoms with van der Waals surface area (Å²) >= 11 is 8.77. The van der Waals surface area contributed by atoms with Crippen LogP contribution < -0.4 is 0 Å². The third-order valence-corrected chi connectivity index (χ3v) is 4.10. The fourth-order valence-electron chi connectivity index (χ4n) is 0.734. The molecule has 0 bridgehead atoms. The zero-order valence-corrected chi connectivity index (χ0v) is 7.71. The lowest BCUT2D eigenvalue weighted by atomic mass is 10.3. The molecule has 0 spiro atoms. The Kier molecular flexibility index (Phi) is 4.02. The summed E-state index contributed by atoms with van der Waals surface area (Å²) in [6, 6.07) is 0. The summed E-state index contributed by atoms with van der Waals surface area (Å²) in [4.78, 5) is 0. The van der Waals surface area contributed by atoms with Crippen molar-refractivity contribution in [1.82, 2.24) is 0 Å². The van der Waals surface area contributed by atoms with Crippen molar-refractivity contribution in [1.29, 1.82) is 0 Å². The highest BCUT2D eigenvalue weighted by Gasteiger charge is 2.02. The molecule has 0 amide bonds. The van der Waals surface area contributed by atoms with Gasteiger partial charge in [-0.05, 0) is 24.3 Å². The third-order valence-electron chi connectivity index (χ3n) is 1.23. The van der Waals surface area contributed by atoms with Crippen LogP contribution in [0, 0.1) is 0 Å². The SMILES string of the molecule is S=C1SCCCCCS1. The van der Waals surface area contributed by atoms with Crippen LogP contribution in [-0.4, -0.2) is 15.0 Å². The Hall–Kier alpha value is 0.790. The van der Waals surface area contributed by atoms with Crippen LogP contribution >= 0.6 is 35.7 Å². The second-order valence-corrected chi connectivity index (χ2v) is 5.40. The summed E-state index contributed by atoms with van der Waals surface area (Å²) in [5.41, 5.74) is 0. The van der Waals surface area contributed by atoms with Gasteiger partial charge in [0.05, 0.1) is 0 Å². The van der Waals surface area contributed by atoms with Crippen molar-refractivity contribution in [3.05, 3.63) is 0 Å². The quantitative estimate of drug-likeness (QED) is 0.523. The largest absolute Gasteiger partial charge is 0.108 e. The second-order valence-electron chi connectivity index (χ2n) is 2.01. The summed E-state index contributed by atoms with van der Waals surface area (Å²) in [7, 11) is 0. The highest BCUT2D eigenvalue weighted by atomic mass is 32.2. The summed E-state index contributed by atoms with van der Waals surface area (Å²) < 4.78 is 1.15. The molecule has 1 heterocycles. The van der Waals surface area contributed by atoms with Gasteiger partial charge >= 0.3 is 0 Å². The molecule has 0 aromatic carbocycles. The second kappa shape index (κ2) is 4.58. The van der Waals surface area contributed by atoms with Crippen molar-refractivity contribution in [2.45, 2.75) is 19.3 Å². The summed E-state index contributed by atoms with van der Waals surface area (Å²) in [6.07, 6.45) is 4.10. The molecule has 0 atom stereocenters. The van der Waals surface area contributed by atoms with Gasteiger partial charge in [0, 0.05) is 0 Å². The maximum atomic E-state index is 5.08. The van der Waals surface area contributed by atoms with E-state index in [1.54, 1.807) is 0 Å². The average molecular weight is 178 g/mol. The molecule has 3 heteroatoms. The van der Waals surface area contributed by atoms with Crippen molar-refractivity contribution in [3.63, 3.8) is 0 Å². The summed E-state index contributed by atoms with van der Waals surface area (Å²) in [5, 5.41) is 0. The Balaban J connectivity index is 2.20. The molecule has 1 aliphatic rings.